The van der Waals surface area contributed by atoms with E-state index in [4.69, 9.17) is 11.6 Å². The number of halogens is 2. The number of carbonyl (C=O) groups excluding carboxylic acids is 1. The van der Waals surface area contributed by atoms with Gasteiger partial charge in [0.1, 0.15) is 0 Å². The monoisotopic (exact) mass is 392 g/mol. The molecular formula is C18H18BrClN2O. The van der Waals surface area contributed by atoms with E-state index in [0.717, 1.165) is 36.2 Å². The van der Waals surface area contributed by atoms with E-state index in [1.165, 1.54) is 5.69 Å². The first-order chi connectivity index (χ1) is 11.1. The average Bonchev–Trinajstić information content (AvgIpc) is 2.58. The molecule has 0 atom stereocenters. The average molecular weight is 394 g/mol. The summed E-state index contributed by atoms with van der Waals surface area (Å²) in [7, 11) is 0. The fourth-order valence-electron chi connectivity index (χ4n) is 2.75. The minimum Gasteiger partial charge on any atom is -0.368 e. The fraction of sp³-hybridized carbons (Fsp3) is 0.278. The third-order valence-electron chi connectivity index (χ3n) is 4.09. The minimum atomic E-state index is 0.183. The first kappa shape index (κ1) is 16.3. The zero-order chi connectivity index (χ0) is 16.2. The lowest BCUT2D eigenvalue weighted by Crippen LogP contribution is -2.49. The Morgan fingerprint density at radius 1 is 0.957 bits per heavy atom. The second kappa shape index (κ2) is 7.37. The van der Waals surface area contributed by atoms with Crippen molar-refractivity contribution in [3.8, 4) is 0 Å². The van der Waals surface area contributed by atoms with Crippen LogP contribution in [0.4, 0.5) is 5.69 Å². The molecule has 23 heavy (non-hydrogen) atoms. The van der Waals surface area contributed by atoms with E-state index < -0.39 is 0 Å². The summed E-state index contributed by atoms with van der Waals surface area (Å²) in [6.07, 6.45) is 0.440. The second-order valence-electron chi connectivity index (χ2n) is 5.65. The molecule has 1 aliphatic heterocycles. The van der Waals surface area contributed by atoms with Crippen LogP contribution in [0.5, 0.6) is 0 Å². The van der Waals surface area contributed by atoms with E-state index in [1.807, 2.05) is 41.3 Å². The molecule has 0 radical (unpaired) electrons. The fourth-order valence-corrected chi connectivity index (χ4v) is 3.14. The van der Waals surface area contributed by atoms with Gasteiger partial charge in [0.15, 0.2) is 0 Å². The Kier molecular flexibility index (Phi) is 5.23. The number of rotatable bonds is 3. The minimum absolute atomic E-state index is 0.183. The van der Waals surface area contributed by atoms with Crippen LogP contribution < -0.4 is 4.90 Å². The molecular weight excluding hydrogens is 376 g/mol. The number of amides is 1. The Balaban J connectivity index is 1.54. The van der Waals surface area contributed by atoms with Gasteiger partial charge in [0.25, 0.3) is 0 Å². The van der Waals surface area contributed by atoms with Crippen molar-refractivity contribution < 1.29 is 4.79 Å². The van der Waals surface area contributed by atoms with Crippen molar-refractivity contribution in [3.05, 3.63) is 63.6 Å². The lowest BCUT2D eigenvalue weighted by atomic mass is 10.1. The zero-order valence-electron chi connectivity index (χ0n) is 12.7. The van der Waals surface area contributed by atoms with Crippen molar-refractivity contribution in [2.45, 2.75) is 6.42 Å². The van der Waals surface area contributed by atoms with E-state index in [2.05, 4.69) is 33.0 Å². The normalized spacial score (nSPS) is 14.9. The zero-order valence-corrected chi connectivity index (χ0v) is 15.1. The molecule has 1 amide bonds. The van der Waals surface area contributed by atoms with Crippen molar-refractivity contribution in [2.24, 2.45) is 0 Å². The quantitative estimate of drug-likeness (QED) is 0.787. The summed E-state index contributed by atoms with van der Waals surface area (Å²) >= 11 is 9.33. The maximum absolute atomic E-state index is 12.4. The first-order valence-corrected chi connectivity index (χ1v) is 8.82. The van der Waals surface area contributed by atoms with Crippen molar-refractivity contribution in [1.29, 1.82) is 0 Å². The van der Waals surface area contributed by atoms with E-state index in [-0.39, 0.29) is 5.91 Å². The lowest BCUT2D eigenvalue weighted by molar-refractivity contribution is -0.130. The summed E-state index contributed by atoms with van der Waals surface area (Å²) in [5.74, 6) is 0.183. The van der Waals surface area contributed by atoms with E-state index in [0.29, 0.717) is 11.4 Å². The number of benzene rings is 2. The third kappa shape index (κ3) is 4.27. The molecule has 5 heteroatoms. The molecule has 120 valence electrons. The third-order valence-corrected chi connectivity index (χ3v) is 4.87. The molecule has 1 fully saturated rings. The Labute approximate surface area is 150 Å². The maximum Gasteiger partial charge on any atom is 0.227 e. The van der Waals surface area contributed by atoms with Gasteiger partial charge in [0.2, 0.25) is 5.91 Å². The van der Waals surface area contributed by atoms with Gasteiger partial charge < -0.3 is 9.80 Å². The number of anilines is 1. The molecule has 0 saturated carbocycles. The van der Waals surface area contributed by atoms with Crippen molar-refractivity contribution >= 4 is 39.1 Å². The Hall–Kier alpha value is -1.52. The summed E-state index contributed by atoms with van der Waals surface area (Å²) in [5, 5.41) is 0.698. The van der Waals surface area contributed by atoms with Crippen molar-refractivity contribution in [1.82, 2.24) is 4.90 Å². The van der Waals surface area contributed by atoms with E-state index in [9.17, 15) is 4.79 Å². The molecule has 3 rings (SSSR count). The second-order valence-corrected chi connectivity index (χ2v) is 7.00. The van der Waals surface area contributed by atoms with Gasteiger partial charge in [-0.05, 0) is 42.0 Å². The number of carbonyl (C=O) groups is 1. The number of hydrogen-bond donors (Lipinski definition) is 0. The van der Waals surface area contributed by atoms with Crippen LogP contribution in [0.2, 0.25) is 5.02 Å². The van der Waals surface area contributed by atoms with Gasteiger partial charge in [0, 0.05) is 41.4 Å². The number of hydrogen-bond acceptors (Lipinski definition) is 2. The maximum atomic E-state index is 12.4. The van der Waals surface area contributed by atoms with E-state index in [1.54, 1.807) is 0 Å². The van der Waals surface area contributed by atoms with Crippen LogP contribution in [0, 0.1) is 0 Å². The standard InChI is InChI=1S/C18H18BrClN2O/c19-15-3-7-17(8-4-15)21-9-11-22(12-10-21)18(23)13-14-1-5-16(20)6-2-14/h1-8H,9-13H2. The van der Waals surface area contributed by atoms with Crippen LogP contribution >= 0.6 is 27.5 Å². The summed E-state index contributed by atoms with van der Waals surface area (Å²) < 4.78 is 1.08. The number of nitrogens with zero attached hydrogens (tertiary/aromatic N) is 2. The highest BCUT2D eigenvalue weighted by molar-refractivity contribution is 9.10. The highest BCUT2D eigenvalue weighted by atomic mass is 79.9. The Bertz CT molecular complexity index is 664. The van der Waals surface area contributed by atoms with Gasteiger partial charge in [-0.3, -0.25) is 4.79 Å². The smallest absolute Gasteiger partial charge is 0.227 e. The van der Waals surface area contributed by atoms with E-state index >= 15 is 0 Å². The largest absolute Gasteiger partial charge is 0.368 e. The highest BCUT2D eigenvalue weighted by Gasteiger charge is 2.21. The topological polar surface area (TPSA) is 23.6 Å². The van der Waals surface area contributed by atoms with Gasteiger partial charge >= 0.3 is 0 Å². The van der Waals surface area contributed by atoms with Gasteiger partial charge in [0.05, 0.1) is 6.42 Å². The molecule has 1 heterocycles. The highest BCUT2D eigenvalue weighted by Crippen LogP contribution is 2.20. The van der Waals surface area contributed by atoms with Gasteiger partial charge in [-0.25, -0.2) is 0 Å². The molecule has 1 aliphatic rings. The van der Waals surface area contributed by atoms with Gasteiger partial charge in [-0.2, -0.15) is 0 Å². The van der Waals surface area contributed by atoms with Gasteiger partial charge in [-0.1, -0.05) is 39.7 Å². The summed E-state index contributed by atoms with van der Waals surface area (Å²) in [6, 6.07) is 15.8. The predicted molar refractivity (Wildman–Crippen MR) is 98.1 cm³/mol. The molecule has 0 unspecified atom stereocenters. The van der Waals surface area contributed by atoms with Crippen LogP contribution in [-0.4, -0.2) is 37.0 Å². The summed E-state index contributed by atoms with van der Waals surface area (Å²) in [5.41, 5.74) is 2.22. The molecule has 3 nitrogen and oxygen atoms in total. The Morgan fingerprint density at radius 2 is 1.57 bits per heavy atom. The Morgan fingerprint density at radius 3 is 2.17 bits per heavy atom. The molecule has 1 saturated heterocycles. The summed E-state index contributed by atoms with van der Waals surface area (Å²) in [4.78, 5) is 16.7. The lowest BCUT2D eigenvalue weighted by Gasteiger charge is -2.36. The van der Waals surface area contributed by atoms with Gasteiger partial charge in [-0.15, -0.1) is 0 Å². The predicted octanol–water partition coefficient (Wildman–Crippen LogP) is 3.99. The summed E-state index contributed by atoms with van der Waals surface area (Å²) in [6.45, 7) is 3.27. The van der Waals surface area contributed by atoms with Crippen LogP contribution in [-0.2, 0) is 11.2 Å². The molecule has 0 aromatic heterocycles. The molecule has 0 spiro atoms. The van der Waals surface area contributed by atoms with Crippen LogP contribution in [0.25, 0.3) is 0 Å². The van der Waals surface area contributed by atoms with Crippen molar-refractivity contribution in [2.75, 3.05) is 31.1 Å². The molecule has 2 aromatic rings. The number of piperazine rings is 1. The molecule has 0 N–H and O–H groups in total. The van der Waals surface area contributed by atoms with Crippen LogP contribution in [0.3, 0.4) is 0 Å². The van der Waals surface area contributed by atoms with Crippen LogP contribution in [0.1, 0.15) is 5.56 Å². The van der Waals surface area contributed by atoms with Crippen molar-refractivity contribution in [3.63, 3.8) is 0 Å². The SMILES string of the molecule is O=C(Cc1ccc(Cl)cc1)N1CCN(c2ccc(Br)cc2)CC1. The molecule has 2 aromatic carbocycles. The molecule has 0 aliphatic carbocycles. The van der Waals surface area contributed by atoms with Crippen LogP contribution in [0.15, 0.2) is 53.0 Å². The first-order valence-electron chi connectivity index (χ1n) is 7.64. The molecule has 0 bridgehead atoms.